The lowest BCUT2D eigenvalue weighted by Gasteiger charge is -2.29. The molecular formula is C16H19N2O4+. The van der Waals surface area contributed by atoms with Gasteiger partial charge in [0.1, 0.15) is 0 Å². The minimum Gasteiger partial charge on any atom is -0.469 e. The van der Waals surface area contributed by atoms with Crippen LogP contribution in [-0.2, 0) is 9.53 Å². The second-order valence-electron chi connectivity index (χ2n) is 5.79. The van der Waals surface area contributed by atoms with Crippen LogP contribution in [0.25, 0.3) is 0 Å². The predicted molar refractivity (Wildman–Crippen MR) is 77.2 cm³/mol. The highest BCUT2D eigenvalue weighted by atomic mass is 16.5. The molecule has 0 unspecified atom stereocenters. The molecule has 1 N–H and O–H groups in total. The highest BCUT2D eigenvalue weighted by Crippen LogP contribution is 2.21. The first-order valence-electron chi connectivity index (χ1n) is 7.48. The molecule has 0 radical (unpaired) electrons. The Morgan fingerprint density at radius 3 is 2.23 bits per heavy atom. The fourth-order valence-corrected chi connectivity index (χ4v) is 3.19. The lowest BCUT2D eigenvalue weighted by atomic mass is 9.97. The van der Waals surface area contributed by atoms with Gasteiger partial charge in [0.05, 0.1) is 37.2 Å². The van der Waals surface area contributed by atoms with Crippen molar-refractivity contribution in [3.05, 3.63) is 35.4 Å². The minimum atomic E-state index is -0.219. The number of esters is 1. The van der Waals surface area contributed by atoms with E-state index in [2.05, 4.69) is 0 Å². The molecule has 1 fully saturated rings. The third kappa shape index (κ3) is 2.50. The van der Waals surface area contributed by atoms with E-state index in [4.69, 9.17) is 4.74 Å². The highest BCUT2D eigenvalue weighted by molar-refractivity contribution is 6.21. The van der Waals surface area contributed by atoms with Crippen molar-refractivity contribution in [3.63, 3.8) is 0 Å². The zero-order valence-corrected chi connectivity index (χ0v) is 12.5. The summed E-state index contributed by atoms with van der Waals surface area (Å²) in [5.41, 5.74) is 0.965. The van der Waals surface area contributed by atoms with Gasteiger partial charge in [-0.25, -0.2) is 4.90 Å². The molecular weight excluding hydrogens is 284 g/mol. The number of ether oxygens (including phenoxy) is 1. The van der Waals surface area contributed by atoms with E-state index in [0.29, 0.717) is 17.8 Å². The SMILES string of the molecule is COC(=O)C1CC[NH+](CN2C(=O)c3ccccc3C2=O)CC1. The molecule has 0 saturated carbocycles. The van der Waals surface area contributed by atoms with Crippen LogP contribution in [0, 0.1) is 5.92 Å². The Morgan fingerprint density at radius 2 is 1.73 bits per heavy atom. The lowest BCUT2D eigenvalue weighted by molar-refractivity contribution is -0.912. The number of methoxy groups -OCH3 is 1. The van der Waals surface area contributed by atoms with E-state index in [1.54, 1.807) is 24.3 Å². The van der Waals surface area contributed by atoms with E-state index < -0.39 is 0 Å². The summed E-state index contributed by atoms with van der Waals surface area (Å²) in [7, 11) is 1.40. The van der Waals surface area contributed by atoms with E-state index in [9.17, 15) is 14.4 Å². The molecule has 1 aromatic carbocycles. The van der Waals surface area contributed by atoms with Gasteiger partial charge in [0, 0.05) is 12.8 Å². The van der Waals surface area contributed by atoms with Gasteiger partial charge in [0.25, 0.3) is 11.8 Å². The number of carbonyl (C=O) groups excluding carboxylic acids is 3. The molecule has 2 amide bonds. The molecule has 0 aliphatic carbocycles. The monoisotopic (exact) mass is 303 g/mol. The van der Waals surface area contributed by atoms with Crippen LogP contribution in [0.1, 0.15) is 33.6 Å². The number of piperidine rings is 1. The van der Waals surface area contributed by atoms with E-state index in [1.807, 2.05) is 0 Å². The van der Waals surface area contributed by atoms with Crippen LogP contribution in [0.4, 0.5) is 0 Å². The van der Waals surface area contributed by atoms with Crippen molar-refractivity contribution in [1.29, 1.82) is 0 Å². The molecule has 0 atom stereocenters. The van der Waals surface area contributed by atoms with Crippen molar-refractivity contribution >= 4 is 17.8 Å². The Labute approximate surface area is 128 Å². The second kappa shape index (κ2) is 5.88. The van der Waals surface area contributed by atoms with Crippen LogP contribution >= 0.6 is 0 Å². The van der Waals surface area contributed by atoms with Gasteiger partial charge in [-0.05, 0) is 12.1 Å². The van der Waals surface area contributed by atoms with Gasteiger partial charge in [-0.15, -0.1) is 0 Å². The molecule has 6 heteroatoms. The number of rotatable bonds is 3. The molecule has 2 aliphatic rings. The third-order valence-electron chi connectivity index (χ3n) is 4.49. The number of amides is 2. The van der Waals surface area contributed by atoms with E-state index in [0.717, 1.165) is 30.8 Å². The summed E-state index contributed by atoms with van der Waals surface area (Å²) in [5.74, 6) is -0.665. The quantitative estimate of drug-likeness (QED) is 0.615. The maximum atomic E-state index is 12.3. The van der Waals surface area contributed by atoms with E-state index >= 15 is 0 Å². The van der Waals surface area contributed by atoms with Crippen molar-refractivity contribution < 1.29 is 24.0 Å². The predicted octanol–water partition coefficient (Wildman–Crippen LogP) is -0.292. The molecule has 2 aliphatic heterocycles. The number of fused-ring (bicyclic) bond motifs is 1. The maximum absolute atomic E-state index is 12.3. The van der Waals surface area contributed by atoms with Crippen LogP contribution in [0.3, 0.4) is 0 Å². The normalized spacial score (nSPS) is 24.3. The lowest BCUT2D eigenvalue weighted by Crippen LogP contribution is -3.14. The fraction of sp³-hybridized carbons (Fsp3) is 0.438. The van der Waals surface area contributed by atoms with Crippen LogP contribution in [0.5, 0.6) is 0 Å². The Bertz CT molecular complexity index is 585. The smallest absolute Gasteiger partial charge is 0.309 e. The number of hydrogen-bond donors (Lipinski definition) is 1. The Kier molecular flexibility index (Phi) is 3.94. The average Bonchev–Trinajstić information content (AvgIpc) is 2.80. The van der Waals surface area contributed by atoms with Crippen molar-refractivity contribution in [3.8, 4) is 0 Å². The number of carbonyl (C=O) groups is 3. The summed E-state index contributed by atoms with van der Waals surface area (Å²) in [4.78, 5) is 38.6. The molecule has 0 spiro atoms. The number of likely N-dealkylation sites (tertiary alicyclic amines) is 1. The minimum absolute atomic E-state index is 0.0593. The number of imide groups is 1. The topological polar surface area (TPSA) is 68.1 Å². The van der Waals surface area contributed by atoms with Gasteiger partial charge in [0.15, 0.2) is 6.67 Å². The summed E-state index contributed by atoms with van der Waals surface area (Å²) in [5, 5.41) is 0. The zero-order valence-electron chi connectivity index (χ0n) is 12.5. The van der Waals surface area contributed by atoms with E-state index in [-0.39, 0.29) is 23.7 Å². The number of hydrogen-bond acceptors (Lipinski definition) is 4. The fourth-order valence-electron chi connectivity index (χ4n) is 3.19. The van der Waals surface area contributed by atoms with Crippen molar-refractivity contribution in [2.75, 3.05) is 26.9 Å². The van der Waals surface area contributed by atoms with Crippen molar-refractivity contribution in [1.82, 2.24) is 4.90 Å². The van der Waals surface area contributed by atoms with Crippen molar-refractivity contribution in [2.24, 2.45) is 5.92 Å². The van der Waals surface area contributed by atoms with Crippen molar-refractivity contribution in [2.45, 2.75) is 12.8 Å². The Balaban J connectivity index is 1.63. The largest absolute Gasteiger partial charge is 0.469 e. The Morgan fingerprint density at radius 1 is 1.18 bits per heavy atom. The van der Waals surface area contributed by atoms with Crippen LogP contribution in [-0.4, -0.2) is 49.6 Å². The molecule has 22 heavy (non-hydrogen) atoms. The van der Waals surface area contributed by atoms with Gasteiger partial charge in [0.2, 0.25) is 0 Å². The molecule has 6 nitrogen and oxygen atoms in total. The molecule has 1 aromatic rings. The van der Waals surface area contributed by atoms with Gasteiger partial charge in [-0.3, -0.25) is 14.4 Å². The Hall–Kier alpha value is -2.21. The molecule has 1 saturated heterocycles. The zero-order chi connectivity index (χ0) is 15.7. The summed E-state index contributed by atoms with van der Waals surface area (Å²) < 4.78 is 4.77. The van der Waals surface area contributed by atoms with Gasteiger partial charge < -0.3 is 9.64 Å². The number of benzene rings is 1. The first-order valence-corrected chi connectivity index (χ1v) is 7.48. The first-order chi connectivity index (χ1) is 10.6. The summed E-state index contributed by atoms with van der Waals surface area (Å²) in [6.07, 6.45) is 1.45. The van der Waals surface area contributed by atoms with Crippen LogP contribution in [0.2, 0.25) is 0 Å². The van der Waals surface area contributed by atoms with Gasteiger partial charge in [-0.1, -0.05) is 12.1 Å². The molecule has 3 rings (SSSR count). The second-order valence-corrected chi connectivity index (χ2v) is 5.79. The summed E-state index contributed by atoms with van der Waals surface area (Å²) >= 11 is 0. The maximum Gasteiger partial charge on any atom is 0.309 e. The summed E-state index contributed by atoms with van der Waals surface area (Å²) in [6.45, 7) is 1.88. The summed E-state index contributed by atoms with van der Waals surface area (Å²) in [6, 6.07) is 6.91. The van der Waals surface area contributed by atoms with Gasteiger partial charge >= 0.3 is 5.97 Å². The number of quaternary nitrogens is 1. The molecule has 0 aromatic heterocycles. The third-order valence-corrected chi connectivity index (χ3v) is 4.49. The van der Waals surface area contributed by atoms with Gasteiger partial charge in [-0.2, -0.15) is 0 Å². The average molecular weight is 303 g/mol. The van der Waals surface area contributed by atoms with E-state index in [1.165, 1.54) is 12.0 Å². The molecule has 2 heterocycles. The highest BCUT2D eigenvalue weighted by Gasteiger charge is 2.38. The first kappa shape index (κ1) is 14.7. The molecule has 0 bridgehead atoms. The standard InChI is InChI=1S/C16H18N2O4/c1-22-16(21)11-6-8-17(9-7-11)10-18-14(19)12-4-2-3-5-13(12)15(18)20/h2-5,11H,6-10H2,1H3/p+1. The number of nitrogens with one attached hydrogen (secondary N) is 1. The molecule has 116 valence electrons. The van der Waals surface area contributed by atoms with Crippen LogP contribution < -0.4 is 4.90 Å². The number of nitrogens with zero attached hydrogens (tertiary/aromatic N) is 1. The van der Waals surface area contributed by atoms with Crippen LogP contribution in [0.15, 0.2) is 24.3 Å².